The van der Waals surface area contributed by atoms with Gasteiger partial charge in [0.2, 0.25) is 17.7 Å². The van der Waals surface area contributed by atoms with E-state index in [0.717, 1.165) is 12.8 Å². The molecule has 3 saturated heterocycles. The summed E-state index contributed by atoms with van der Waals surface area (Å²) in [5.41, 5.74) is 0.596. The van der Waals surface area contributed by atoms with E-state index in [1.807, 2.05) is 13.8 Å². The first-order valence-electron chi connectivity index (χ1n) is 11.3. The van der Waals surface area contributed by atoms with Crippen molar-refractivity contribution in [2.24, 2.45) is 11.8 Å². The first-order chi connectivity index (χ1) is 15.4. The van der Waals surface area contributed by atoms with Gasteiger partial charge in [0.25, 0.3) is 0 Å². The van der Waals surface area contributed by atoms with Gasteiger partial charge in [-0.1, -0.05) is 25.4 Å². The van der Waals surface area contributed by atoms with Crippen molar-refractivity contribution >= 4 is 46.8 Å². The van der Waals surface area contributed by atoms with Crippen molar-refractivity contribution in [1.29, 1.82) is 0 Å². The number of hydrogen-bond acceptors (Lipinski definition) is 5. The van der Waals surface area contributed by atoms with Gasteiger partial charge in [0.1, 0.15) is 6.04 Å². The fraction of sp³-hybridized carbons (Fsp3) is 0.609. The maximum absolute atomic E-state index is 13.8. The molecule has 3 aliphatic heterocycles. The summed E-state index contributed by atoms with van der Waals surface area (Å²) in [4.78, 5) is 42.0. The monoisotopic (exact) mass is 479 g/mol. The van der Waals surface area contributed by atoms with Crippen molar-refractivity contribution in [2.45, 2.75) is 61.6 Å². The van der Waals surface area contributed by atoms with Crippen LogP contribution in [0.15, 0.2) is 24.3 Å². The fourth-order valence-corrected chi connectivity index (χ4v) is 7.94. The summed E-state index contributed by atoms with van der Waals surface area (Å²) in [7, 11) is 0. The molecule has 0 radical (unpaired) electrons. The fourth-order valence-electron chi connectivity index (χ4n) is 5.61. The lowest BCUT2D eigenvalue weighted by molar-refractivity contribution is -0.142. The summed E-state index contributed by atoms with van der Waals surface area (Å²) in [6, 6.07) is 5.62. The summed E-state index contributed by atoms with van der Waals surface area (Å²) < 4.78 is -0.658. The number of rotatable bonds is 8. The van der Waals surface area contributed by atoms with Crippen LogP contribution < -0.4 is 10.6 Å². The number of benzene rings is 1. The molecule has 2 unspecified atom stereocenters. The van der Waals surface area contributed by atoms with Gasteiger partial charge in [0.15, 0.2) is 0 Å². The largest absolute Gasteiger partial charge is 0.394 e. The third kappa shape index (κ3) is 3.70. The van der Waals surface area contributed by atoms with Crippen molar-refractivity contribution in [3.05, 3.63) is 29.3 Å². The Labute approximate surface area is 197 Å². The van der Waals surface area contributed by atoms with Gasteiger partial charge in [-0.25, -0.2) is 0 Å². The lowest BCUT2D eigenvalue weighted by Gasteiger charge is -2.36. The van der Waals surface area contributed by atoms with Crippen molar-refractivity contribution in [1.82, 2.24) is 10.2 Å². The number of carbonyl (C=O) groups is 3. The van der Waals surface area contributed by atoms with Crippen LogP contribution in [0, 0.1) is 11.8 Å². The number of amides is 3. The maximum atomic E-state index is 13.8. The van der Waals surface area contributed by atoms with Crippen LogP contribution in [0.3, 0.4) is 0 Å². The van der Waals surface area contributed by atoms with Gasteiger partial charge in [0.05, 0.1) is 29.2 Å². The molecule has 0 saturated carbocycles. The number of halogens is 1. The predicted molar refractivity (Wildman–Crippen MR) is 126 cm³/mol. The molecule has 3 amide bonds. The molecule has 1 aromatic rings. The highest BCUT2D eigenvalue weighted by atomic mass is 35.5. The van der Waals surface area contributed by atoms with E-state index in [1.54, 1.807) is 40.9 Å². The van der Waals surface area contributed by atoms with Gasteiger partial charge in [-0.3, -0.25) is 14.4 Å². The molecule has 6 atom stereocenters. The minimum absolute atomic E-state index is 0.0305. The van der Waals surface area contributed by atoms with Gasteiger partial charge in [-0.05, 0) is 49.9 Å². The average Bonchev–Trinajstić information content (AvgIpc) is 3.42. The second kappa shape index (κ2) is 9.23. The van der Waals surface area contributed by atoms with Crippen LogP contribution in [0.1, 0.15) is 39.5 Å². The van der Waals surface area contributed by atoms with E-state index in [9.17, 15) is 19.5 Å². The Hall–Kier alpha value is -1.77. The number of thioether (sulfide) groups is 1. The Bertz CT molecular complexity index is 894. The van der Waals surface area contributed by atoms with E-state index < -0.39 is 28.7 Å². The minimum Gasteiger partial charge on any atom is -0.394 e. The molecule has 3 aliphatic rings. The summed E-state index contributed by atoms with van der Waals surface area (Å²) in [5.74, 6) is -1.56. The van der Waals surface area contributed by atoms with Gasteiger partial charge in [-0.2, -0.15) is 0 Å². The highest BCUT2D eigenvalue weighted by molar-refractivity contribution is 8.02. The zero-order valence-corrected chi connectivity index (χ0v) is 19.9. The highest BCUT2D eigenvalue weighted by Crippen LogP contribution is 2.66. The average molecular weight is 480 g/mol. The molecule has 3 fully saturated rings. The number of likely N-dealkylation sites (tertiary alicyclic amines) is 1. The van der Waals surface area contributed by atoms with Gasteiger partial charge in [0, 0.05) is 22.5 Å². The summed E-state index contributed by atoms with van der Waals surface area (Å²) in [6.07, 6.45) is 2.84. The quantitative estimate of drug-likeness (QED) is 0.532. The lowest BCUT2D eigenvalue weighted by atomic mass is 9.70. The van der Waals surface area contributed by atoms with E-state index >= 15 is 0 Å². The van der Waals surface area contributed by atoms with E-state index in [4.69, 9.17) is 11.6 Å². The molecule has 3 N–H and O–H groups in total. The van der Waals surface area contributed by atoms with Crippen molar-refractivity contribution in [3.63, 3.8) is 0 Å². The van der Waals surface area contributed by atoms with Crippen molar-refractivity contribution in [3.8, 4) is 0 Å². The third-order valence-electron chi connectivity index (χ3n) is 7.03. The molecule has 1 spiro atoms. The van der Waals surface area contributed by atoms with Crippen LogP contribution in [-0.2, 0) is 14.4 Å². The van der Waals surface area contributed by atoms with Crippen LogP contribution in [0.5, 0.6) is 0 Å². The molecular formula is C23H30ClN3O4S. The van der Waals surface area contributed by atoms with Crippen molar-refractivity contribution in [2.75, 3.05) is 18.5 Å². The number of nitrogens with one attached hydrogen (secondary N) is 2. The van der Waals surface area contributed by atoms with Crippen LogP contribution >= 0.6 is 23.4 Å². The summed E-state index contributed by atoms with van der Waals surface area (Å²) in [6.45, 7) is 4.23. The van der Waals surface area contributed by atoms with E-state index in [1.165, 1.54) is 0 Å². The summed E-state index contributed by atoms with van der Waals surface area (Å²) in [5, 5.41) is 16.5. The maximum Gasteiger partial charge on any atom is 0.248 e. The number of aliphatic hydroxyl groups excluding tert-OH is 1. The van der Waals surface area contributed by atoms with E-state index in [2.05, 4.69) is 10.6 Å². The second-order valence-electron chi connectivity index (χ2n) is 8.83. The molecule has 1 aromatic carbocycles. The highest BCUT2D eigenvalue weighted by Gasteiger charge is 2.74. The van der Waals surface area contributed by atoms with Crippen LogP contribution in [-0.4, -0.2) is 63.0 Å². The van der Waals surface area contributed by atoms with E-state index in [0.29, 0.717) is 30.1 Å². The molecule has 4 rings (SSSR count). The molecule has 7 nitrogen and oxygen atoms in total. The molecule has 2 bridgehead atoms. The summed E-state index contributed by atoms with van der Waals surface area (Å²) >= 11 is 7.59. The lowest BCUT2D eigenvalue weighted by Crippen LogP contribution is -2.54. The number of anilines is 1. The molecule has 3 heterocycles. The number of aliphatic hydroxyl groups is 1. The van der Waals surface area contributed by atoms with Crippen LogP contribution in [0.2, 0.25) is 5.02 Å². The number of carbonyl (C=O) groups excluding carboxylic acids is 3. The Morgan fingerprint density at radius 1 is 1.28 bits per heavy atom. The normalized spacial score (nSPS) is 31.5. The zero-order valence-electron chi connectivity index (χ0n) is 18.3. The Balaban J connectivity index is 1.70. The Morgan fingerprint density at radius 3 is 2.62 bits per heavy atom. The molecule has 174 valence electrons. The molecule has 9 heteroatoms. The Kier molecular flexibility index (Phi) is 6.75. The topological polar surface area (TPSA) is 98.7 Å². The third-order valence-corrected chi connectivity index (χ3v) is 9.23. The number of fused-ring (bicyclic) bond motifs is 1. The number of hydrogen-bond donors (Lipinski definition) is 3. The second-order valence-corrected chi connectivity index (χ2v) is 10.9. The van der Waals surface area contributed by atoms with Gasteiger partial charge >= 0.3 is 0 Å². The van der Waals surface area contributed by atoms with Crippen molar-refractivity contribution < 1.29 is 19.5 Å². The molecular weight excluding hydrogens is 450 g/mol. The zero-order chi connectivity index (χ0) is 23.0. The van der Waals surface area contributed by atoms with E-state index in [-0.39, 0.29) is 29.6 Å². The SMILES string of the molecule is CCCNC(=O)[C@@H]1[C@H]2C(=O)N([C@@H](CC)CO)C(C(=O)Nc3ccc(Cl)cc3)C23CC[C@H]1S3. The van der Waals surface area contributed by atoms with Gasteiger partial charge in [-0.15, -0.1) is 11.8 Å². The first kappa shape index (κ1) is 23.4. The number of nitrogens with zero attached hydrogens (tertiary/aromatic N) is 1. The molecule has 0 aromatic heterocycles. The van der Waals surface area contributed by atoms with Crippen LogP contribution in [0.4, 0.5) is 5.69 Å². The van der Waals surface area contributed by atoms with Gasteiger partial charge < -0.3 is 20.6 Å². The standard InChI is InChI=1S/C23H30ClN3O4S/c1-3-11-25-20(29)17-16-9-10-23(32-16)18(17)22(31)27(15(4-2)12-28)19(23)21(30)26-14-7-5-13(24)6-8-14/h5-8,15-19,28H,3-4,9-12H2,1-2H3,(H,25,29)(H,26,30)/t15-,16+,17-,18-,19?,23?/m0/s1. The molecule has 32 heavy (non-hydrogen) atoms. The smallest absolute Gasteiger partial charge is 0.248 e. The first-order valence-corrected chi connectivity index (χ1v) is 12.6. The van der Waals surface area contributed by atoms with Crippen LogP contribution in [0.25, 0.3) is 0 Å². The predicted octanol–water partition coefficient (Wildman–Crippen LogP) is 2.67. The minimum atomic E-state index is -0.744. The Morgan fingerprint density at radius 2 is 2.00 bits per heavy atom. The molecule has 0 aliphatic carbocycles.